The van der Waals surface area contributed by atoms with Gasteiger partial charge in [0.2, 0.25) is 0 Å². The maximum absolute atomic E-state index is 6.91. The molecule has 21 aromatic rings. The van der Waals surface area contributed by atoms with Crippen LogP contribution in [0.5, 0.6) is 34.5 Å². The molecule has 0 bridgehead atoms. The summed E-state index contributed by atoms with van der Waals surface area (Å²) >= 11 is 3.64. The van der Waals surface area contributed by atoms with Gasteiger partial charge in [-0.15, -0.1) is 11.3 Å². The molecule has 2 aliphatic carbocycles. The van der Waals surface area contributed by atoms with Gasteiger partial charge in [-0.2, -0.15) is 0 Å². The van der Waals surface area contributed by atoms with Gasteiger partial charge in [-0.3, -0.25) is 0 Å². The lowest BCUT2D eigenvalue weighted by molar-refractivity contribution is 0.361. The molecule has 2 atom stereocenters. The zero-order valence-electron chi connectivity index (χ0n) is 69.5. The third kappa shape index (κ3) is 11.6. The molecular formula is C118H79N3O3S2Si. The molecule has 0 amide bonds. The van der Waals surface area contributed by atoms with Crippen LogP contribution in [0, 0.1) is 0 Å². The van der Waals surface area contributed by atoms with Gasteiger partial charge in [0.1, 0.15) is 11.5 Å². The van der Waals surface area contributed by atoms with Crippen LogP contribution < -0.4 is 44.8 Å². The molecule has 26 rings (SSSR count). The van der Waals surface area contributed by atoms with Crippen LogP contribution in [0.2, 0.25) is 0 Å². The van der Waals surface area contributed by atoms with Gasteiger partial charge in [0.05, 0.1) is 26.2 Å². The van der Waals surface area contributed by atoms with E-state index >= 15 is 0 Å². The van der Waals surface area contributed by atoms with Crippen LogP contribution in [-0.4, -0.2) is 12.6 Å². The van der Waals surface area contributed by atoms with Gasteiger partial charge in [0.15, 0.2) is 31.1 Å². The van der Waals surface area contributed by atoms with E-state index in [1.54, 1.807) is 11.8 Å². The van der Waals surface area contributed by atoms with E-state index in [1.165, 1.54) is 129 Å². The molecule has 5 heterocycles. The summed E-state index contributed by atoms with van der Waals surface area (Å²) in [7, 11) is -2.98. The Morgan fingerprint density at radius 1 is 0.283 bits per heavy atom. The molecule has 127 heavy (non-hydrogen) atoms. The van der Waals surface area contributed by atoms with Crippen molar-refractivity contribution in [1.82, 2.24) is 4.57 Å². The molecule has 2 aromatic heterocycles. The van der Waals surface area contributed by atoms with Gasteiger partial charge in [0, 0.05) is 87.3 Å². The molecule has 600 valence electrons. The monoisotopic (exact) mass is 1680 g/mol. The van der Waals surface area contributed by atoms with Crippen molar-refractivity contribution in [1.29, 1.82) is 0 Å². The molecular weight excluding hydrogens is 1600 g/mol. The van der Waals surface area contributed by atoms with E-state index in [-0.39, 0.29) is 5.41 Å². The summed E-state index contributed by atoms with van der Waals surface area (Å²) in [5.74, 6) is 4.84. The number of para-hydroxylation sites is 8. The number of fused-ring (bicyclic) bond motifs is 21. The van der Waals surface area contributed by atoms with Gasteiger partial charge >= 0.3 is 0 Å². The number of rotatable bonds is 12. The number of hydrogen-bond acceptors (Lipinski definition) is 7. The fraction of sp³-hybridized carbons (Fsp3) is 0.0339. The summed E-state index contributed by atoms with van der Waals surface area (Å²) in [5.41, 5.74) is 26.8. The Bertz CT molecular complexity index is 7900. The van der Waals surface area contributed by atoms with Gasteiger partial charge in [-0.25, -0.2) is 0 Å². The second-order valence-corrected chi connectivity index (χ2v) is 39.9. The van der Waals surface area contributed by atoms with Crippen LogP contribution in [0.4, 0.5) is 34.1 Å². The maximum Gasteiger partial charge on any atom is 0.181 e. The zero-order chi connectivity index (χ0) is 84.1. The molecule has 0 saturated carbocycles. The maximum atomic E-state index is 6.91. The van der Waals surface area contributed by atoms with Gasteiger partial charge in [0.25, 0.3) is 0 Å². The number of aromatic nitrogens is 1. The molecule has 0 spiro atoms. The average molecular weight is 1680 g/mol. The summed E-state index contributed by atoms with van der Waals surface area (Å²) in [6.07, 6.45) is 0. The number of thiophene rings is 1. The third-order valence-electron chi connectivity index (χ3n) is 27.0. The molecule has 19 aromatic carbocycles. The van der Waals surface area contributed by atoms with Crippen LogP contribution in [0.25, 0.3) is 92.2 Å². The van der Waals surface area contributed by atoms with Crippen LogP contribution in [-0.2, 0) is 10.8 Å². The van der Waals surface area contributed by atoms with E-state index in [4.69, 9.17) is 14.2 Å². The van der Waals surface area contributed by atoms with Crippen molar-refractivity contribution in [3.8, 4) is 84.7 Å². The van der Waals surface area contributed by atoms with E-state index in [2.05, 4.69) is 447 Å². The summed E-state index contributed by atoms with van der Waals surface area (Å²) in [4.78, 5) is 6.96. The summed E-state index contributed by atoms with van der Waals surface area (Å²) in [6, 6.07) is 162. The quantitative estimate of drug-likeness (QED) is 0.114. The largest absolute Gasteiger partial charge is 0.454 e. The van der Waals surface area contributed by atoms with Crippen LogP contribution in [0.15, 0.2) is 453 Å². The first-order valence-electron chi connectivity index (χ1n) is 43.5. The lowest BCUT2D eigenvalue weighted by Gasteiger charge is -2.35. The van der Waals surface area contributed by atoms with Crippen molar-refractivity contribution in [3.05, 3.63) is 476 Å². The van der Waals surface area contributed by atoms with Crippen molar-refractivity contribution in [3.63, 3.8) is 0 Å². The second-order valence-electron chi connectivity index (χ2n) is 34.0. The Morgan fingerprint density at radius 3 is 1.46 bits per heavy atom. The molecule has 5 aliphatic rings. The van der Waals surface area contributed by atoms with Crippen molar-refractivity contribution < 1.29 is 14.2 Å². The highest BCUT2D eigenvalue weighted by Gasteiger charge is 2.53. The van der Waals surface area contributed by atoms with E-state index in [1.807, 2.05) is 35.6 Å². The Labute approximate surface area is 746 Å². The van der Waals surface area contributed by atoms with Gasteiger partial charge < -0.3 is 28.6 Å². The lowest BCUT2D eigenvalue weighted by Crippen LogP contribution is -2.73. The first-order valence-corrected chi connectivity index (χ1v) is 47.1. The Kier molecular flexibility index (Phi) is 17.3. The highest BCUT2D eigenvalue weighted by Crippen LogP contribution is 2.63. The van der Waals surface area contributed by atoms with E-state index in [0.717, 1.165) is 95.2 Å². The van der Waals surface area contributed by atoms with E-state index in [0.29, 0.717) is 0 Å². The SMILES string of the molecule is CC1(C)c2ccccc2-c2ccc([Si]3(c4ccc(-c5ccc(N(c6ccccc6)c6ccc7c(c6)sc6ccccc67)cc5)cc4)c4ccccc4-c4c3ccc3c4Oc4ccccc4O3)cc21.c1ccc(N(c2ccccc2)c2ccc(C3(c4ccc(-n5c6ccccc6c6ccccc65)cc4)c4ccccc4-c4c3ccc3c4Oc4ccccc4S3)cc2)cc1. The van der Waals surface area contributed by atoms with Crippen LogP contribution in [0.1, 0.15) is 47.2 Å². The molecule has 0 radical (unpaired) electrons. The highest BCUT2D eigenvalue weighted by molar-refractivity contribution is 7.99. The van der Waals surface area contributed by atoms with E-state index < -0.39 is 13.5 Å². The molecule has 6 nitrogen and oxygen atoms in total. The normalized spacial score (nSPS) is 15.3. The predicted molar refractivity (Wildman–Crippen MR) is 530 cm³/mol. The zero-order valence-corrected chi connectivity index (χ0v) is 72.2. The first kappa shape index (κ1) is 74.4. The topological polar surface area (TPSA) is 39.1 Å². The number of ether oxygens (including phenoxy) is 3. The minimum absolute atomic E-state index is 0.146. The summed E-state index contributed by atoms with van der Waals surface area (Å²) in [5, 5.41) is 10.5. The van der Waals surface area contributed by atoms with Gasteiger partial charge in [-0.1, -0.05) is 329 Å². The fourth-order valence-corrected chi connectivity index (χ4v) is 28.6. The van der Waals surface area contributed by atoms with Crippen molar-refractivity contribution >= 4 is 128 Å². The van der Waals surface area contributed by atoms with Crippen molar-refractivity contribution in [2.45, 2.75) is 34.5 Å². The van der Waals surface area contributed by atoms with Crippen LogP contribution >= 0.6 is 23.1 Å². The second kappa shape index (κ2) is 29.5. The van der Waals surface area contributed by atoms with Crippen molar-refractivity contribution in [2.24, 2.45) is 0 Å². The van der Waals surface area contributed by atoms with Crippen LogP contribution in [0.3, 0.4) is 0 Å². The molecule has 0 N–H and O–H groups in total. The summed E-state index contributed by atoms with van der Waals surface area (Å²) < 4.78 is 25.4. The molecule has 0 saturated heterocycles. The molecule has 2 unspecified atom stereocenters. The highest BCUT2D eigenvalue weighted by atomic mass is 32.2. The minimum Gasteiger partial charge on any atom is -0.454 e. The van der Waals surface area contributed by atoms with E-state index in [9.17, 15) is 0 Å². The number of hydrogen-bond donors (Lipinski definition) is 0. The standard InChI is InChI=1S/C63H43NO2SSi.C55H36N2OS/c1-63(2)52-19-9-6-16-47(52)48-35-33-46(39-53(48)63)68(59-23-13-8-18-51(59)61-60(68)37-36-56-62(61)66-55-21-11-10-20-54(55)65-56)45-31-26-41(27-32-45)40-24-28-43(29-25-40)64(42-14-4-3-5-15-42)44-30-34-50-49-17-7-12-22-57(49)67-58(50)38-44;1-3-15-39(16-4-1)56(40-17-5-2-6-18-40)41-31-27-37(28-32-41)55(38-29-33-42(34-30-38)57-48-23-11-8-19-43(48)44-20-9-12-24-49(44)57)46-22-10-7-21-45(46)53-47(55)35-36-52-54(53)58-50-25-13-14-26-51(50)59-52/h3-39H,1-2H3;1-36H. The average Bonchev–Trinajstić information content (AvgIpc) is 1.53. The Balaban J connectivity index is 0.000000140. The minimum atomic E-state index is -2.98. The number of nitrogens with zero attached hydrogens (tertiary/aromatic N) is 3. The smallest absolute Gasteiger partial charge is 0.181 e. The molecule has 9 heteroatoms. The predicted octanol–water partition coefficient (Wildman–Crippen LogP) is 29.6. The number of benzene rings is 19. The van der Waals surface area contributed by atoms with Gasteiger partial charge in [-0.05, 0) is 227 Å². The Hall–Kier alpha value is -15.2. The first-order chi connectivity index (χ1) is 62.7. The van der Waals surface area contributed by atoms with Crippen molar-refractivity contribution in [2.75, 3.05) is 9.80 Å². The summed E-state index contributed by atoms with van der Waals surface area (Å²) in [6.45, 7) is 4.77. The fourth-order valence-electron chi connectivity index (χ4n) is 21.3. The Morgan fingerprint density at radius 2 is 0.780 bits per heavy atom. The number of anilines is 6. The third-order valence-corrected chi connectivity index (χ3v) is 34.0. The molecule has 3 aliphatic heterocycles. The lowest BCUT2D eigenvalue weighted by atomic mass is 9.67. The molecule has 0 fully saturated rings.